The molecule has 5 nitrogen and oxygen atoms in total. The van der Waals surface area contributed by atoms with E-state index < -0.39 is 11.7 Å². The minimum atomic E-state index is -0.951. The number of hydrogen-bond donors (Lipinski definition) is 1. The quantitative estimate of drug-likeness (QED) is 0.293. The van der Waals surface area contributed by atoms with Crippen molar-refractivity contribution in [2.45, 2.75) is 44.6 Å². The van der Waals surface area contributed by atoms with Crippen LogP contribution in [-0.4, -0.2) is 42.3 Å². The molecule has 0 bridgehead atoms. The molecule has 2 fully saturated rings. The van der Waals surface area contributed by atoms with Gasteiger partial charge in [-0.15, -0.1) is 0 Å². The number of likely N-dealkylation sites (tertiary alicyclic amines) is 1. The summed E-state index contributed by atoms with van der Waals surface area (Å²) in [6.45, 7) is 3.79. The summed E-state index contributed by atoms with van der Waals surface area (Å²) >= 11 is 12.1. The van der Waals surface area contributed by atoms with E-state index in [9.17, 15) is 9.59 Å². The summed E-state index contributed by atoms with van der Waals surface area (Å²) in [4.78, 5) is 24.7. The maximum atomic E-state index is 11.4. The standard InChI is InChI=1S/C16H22ClNO.C12H8ClNO2/c17-15-12-13(4-3-11-18-9-1-2-10-18)5-8-16(15)19-14-6-7-14;13-10-4-3-7-5-9(11(15)12(14)16)2-1-8(7)6-10/h5,8,12,14H,1-4,6-7,9-11H2;1-6H,(H2,14,16). The van der Waals surface area contributed by atoms with Crippen molar-refractivity contribution >= 4 is 45.7 Å². The largest absolute Gasteiger partial charge is 0.489 e. The molecule has 1 aliphatic carbocycles. The summed E-state index contributed by atoms with van der Waals surface area (Å²) in [7, 11) is 0. The second kappa shape index (κ2) is 11.9. The van der Waals surface area contributed by atoms with Crippen molar-refractivity contribution in [2.75, 3.05) is 19.6 Å². The normalized spacial score (nSPS) is 15.5. The molecule has 0 spiro atoms. The number of ether oxygens (including phenoxy) is 1. The van der Waals surface area contributed by atoms with Gasteiger partial charge in [-0.3, -0.25) is 9.59 Å². The fourth-order valence-electron chi connectivity index (χ4n) is 4.17. The number of aryl methyl sites for hydroxylation is 1. The van der Waals surface area contributed by atoms with E-state index in [4.69, 9.17) is 33.7 Å². The maximum absolute atomic E-state index is 11.4. The van der Waals surface area contributed by atoms with Crippen molar-refractivity contribution in [2.24, 2.45) is 5.73 Å². The number of hydrogen-bond acceptors (Lipinski definition) is 4. The highest BCUT2D eigenvalue weighted by Crippen LogP contribution is 2.32. The number of carbonyl (C=O) groups excluding carboxylic acids is 2. The number of rotatable bonds is 8. The molecule has 2 aliphatic rings. The molecule has 1 aliphatic heterocycles. The number of nitrogens with two attached hydrogens (primary N) is 1. The number of carbonyl (C=O) groups is 2. The Bertz CT molecular complexity index is 1200. The van der Waals surface area contributed by atoms with Crippen molar-refractivity contribution in [1.29, 1.82) is 0 Å². The minimum absolute atomic E-state index is 0.294. The smallest absolute Gasteiger partial charge is 0.289 e. The first kappa shape index (κ1) is 25.5. The highest BCUT2D eigenvalue weighted by atomic mass is 35.5. The van der Waals surface area contributed by atoms with Crippen molar-refractivity contribution in [3.05, 3.63) is 75.8 Å². The Labute approximate surface area is 216 Å². The molecule has 3 aromatic rings. The average molecular weight is 513 g/mol. The Morgan fingerprint density at radius 1 is 0.943 bits per heavy atom. The van der Waals surface area contributed by atoms with Crippen molar-refractivity contribution in [1.82, 2.24) is 4.90 Å². The zero-order chi connectivity index (χ0) is 24.8. The summed E-state index contributed by atoms with van der Waals surface area (Å²) in [5.74, 6) is -0.780. The molecule has 0 aromatic heterocycles. The van der Waals surface area contributed by atoms with Crippen LogP contribution in [0.2, 0.25) is 10.0 Å². The number of amides is 1. The molecule has 3 aromatic carbocycles. The fourth-order valence-corrected chi connectivity index (χ4v) is 4.60. The number of ketones is 1. The molecule has 5 rings (SSSR count). The molecular formula is C28H30Cl2N2O3. The zero-order valence-corrected chi connectivity index (χ0v) is 21.2. The molecule has 0 unspecified atom stereocenters. The van der Waals surface area contributed by atoms with Crippen LogP contribution >= 0.6 is 23.2 Å². The van der Waals surface area contributed by atoms with E-state index >= 15 is 0 Å². The van der Waals surface area contributed by atoms with Crippen molar-refractivity contribution in [3.8, 4) is 5.75 Å². The predicted octanol–water partition coefficient (Wildman–Crippen LogP) is 6.07. The highest BCUT2D eigenvalue weighted by Gasteiger charge is 2.24. The van der Waals surface area contributed by atoms with Crippen LogP contribution in [0.5, 0.6) is 5.75 Å². The van der Waals surface area contributed by atoms with Crippen LogP contribution in [0.1, 0.15) is 48.0 Å². The first-order valence-corrected chi connectivity index (χ1v) is 12.9. The van der Waals surface area contributed by atoms with Gasteiger partial charge in [0.25, 0.3) is 5.91 Å². The number of nitrogens with zero attached hydrogens (tertiary/aromatic N) is 1. The van der Waals surface area contributed by atoms with E-state index in [0.29, 0.717) is 16.7 Å². The van der Waals surface area contributed by atoms with Gasteiger partial charge in [0.2, 0.25) is 5.78 Å². The van der Waals surface area contributed by atoms with Crippen molar-refractivity contribution in [3.63, 3.8) is 0 Å². The lowest BCUT2D eigenvalue weighted by Gasteiger charge is -2.14. The van der Waals surface area contributed by atoms with Crippen LogP contribution < -0.4 is 10.5 Å². The van der Waals surface area contributed by atoms with Crippen LogP contribution in [0.25, 0.3) is 10.8 Å². The van der Waals surface area contributed by atoms with Gasteiger partial charge in [0.15, 0.2) is 0 Å². The van der Waals surface area contributed by atoms with Gasteiger partial charge in [0.05, 0.1) is 11.1 Å². The van der Waals surface area contributed by atoms with Gasteiger partial charge < -0.3 is 15.4 Å². The van der Waals surface area contributed by atoms with E-state index in [-0.39, 0.29) is 0 Å². The molecule has 7 heteroatoms. The third-order valence-corrected chi connectivity index (χ3v) is 6.77. The molecule has 0 radical (unpaired) electrons. The second-order valence-corrected chi connectivity index (χ2v) is 9.98. The molecular weight excluding hydrogens is 483 g/mol. The lowest BCUT2D eigenvalue weighted by atomic mass is 10.0. The maximum Gasteiger partial charge on any atom is 0.289 e. The molecule has 1 amide bonds. The summed E-state index contributed by atoms with van der Waals surface area (Å²) < 4.78 is 5.76. The van der Waals surface area contributed by atoms with Gasteiger partial charge in [0.1, 0.15) is 5.75 Å². The van der Waals surface area contributed by atoms with Gasteiger partial charge >= 0.3 is 0 Å². The fraction of sp³-hybridized carbons (Fsp3) is 0.357. The Hall–Kier alpha value is -2.60. The highest BCUT2D eigenvalue weighted by molar-refractivity contribution is 6.42. The molecule has 184 valence electrons. The average Bonchev–Trinajstić information content (AvgIpc) is 3.51. The first-order valence-electron chi connectivity index (χ1n) is 12.1. The van der Waals surface area contributed by atoms with Gasteiger partial charge in [-0.25, -0.2) is 0 Å². The zero-order valence-electron chi connectivity index (χ0n) is 19.6. The number of primary amides is 1. The van der Waals surface area contributed by atoms with E-state index in [1.165, 1.54) is 57.3 Å². The van der Waals surface area contributed by atoms with Gasteiger partial charge in [-0.1, -0.05) is 47.5 Å². The molecule has 35 heavy (non-hydrogen) atoms. The first-order chi connectivity index (χ1) is 16.9. The van der Waals surface area contributed by atoms with Gasteiger partial charge in [0, 0.05) is 10.6 Å². The van der Waals surface area contributed by atoms with Crippen LogP contribution in [0, 0.1) is 0 Å². The molecule has 1 saturated carbocycles. The van der Waals surface area contributed by atoms with Crippen LogP contribution in [0.15, 0.2) is 54.6 Å². The number of fused-ring (bicyclic) bond motifs is 1. The van der Waals surface area contributed by atoms with E-state index in [1.807, 2.05) is 6.07 Å². The van der Waals surface area contributed by atoms with E-state index in [1.54, 1.807) is 36.4 Å². The van der Waals surface area contributed by atoms with E-state index in [2.05, 4.69) is 17.0 Å². The Morgan fingerprint density at radius 2 is 1.66 bits per heavy atom. The van der Waals surface area contributed by atoms with Gasteiger partial charge in [-0.2, -0.15) is 0 Å². The molecule has 2 N–H and O–H groups in total. The summed E-state index contributed by atoms with van der Waals surface area (Å²) in [5.41, 5.74) is 6.55. The number of benzene rings is 3. The SMILES string of the molecule is Clc1cc(CCCN2CCCC2)ccc1OC1CC1.NC(=O)C(=O)c1ccc2cc(Cl)ccc2c1. The number of halogens is 2. The predicted molar refractivity (Wildman–Crippen MR) is 142 cm³/mol. The number of Topliss-reactive ketones (excluding diaryl/α,β-unsaturated/α-hetero) is 1. The lowest BCUT2D eigenvalue weighted by molar-refractivity contribution is -0.114. The third-order valence-electron chi connectivity index (χ3n) is 6.24. The Balaban J connectivity index is 0.000000168. The van der Waals surface area contributed by atoms with Crippen LogP contribution in [0.4, 0.5) is 0 Å². The third kappa shape index (κ3) is 7.44. The topological polar surface area (TPSA) is 72.6 Å². The van der Waals surface area contributed by atoms with Crippen LogP contribution in [-0.2, 0) is 11.2 Å². The Kier molecular flexibility index (Phi) is 8.66. The summed E-state index contributed by atoms with van der Waals surface area (Å²) in [5, 5.41) is 3.15. The Morgan fingerprint density at radius 3 is 2.34 bits per heavy atom. The monoisotopic (exact) mass is 512 g/mol. The van der Waals surface area contributed by atoms with Crippen LogP contribution in [0.3, 0.4) is 0 Å². The molecule has 0 atom stereocenters. The molecule has 1 saturated heterocycles. The lowest BCUT2D eigenvalue weighted by Crippen LogP contribution is -2.22. The van der Waals surface area contributed by atoms with Gasteiger partial charge in [-0.05, 0) is 105 Å². The summed E-state index contributed by atoms with van der Waals surface area (Å²) in [6, 6.07) is 16.5. The molecule has 1 heterocycles. The van der Waals surface area contributed by atoms with E-state index in [0.717, 1.165) is 28.0 Å². The minimum Gasteiger partial charge on any atom is -0.489 e. The summed E-state index contributed by atoms with van der Waals surface area (Å²) in [6.07, 6.45) is 7.84. The van der Waals surface area contributed by atoms with Crippen molar-refractivity contribution < 1.29 is 14.3 Å². The second-order valence-electron chi connectivity index (χ2n) is 9.13.